The second-order valence-electron chi connectivity index (χ2n) is 3.97. The van der Waals surface area contributed by atoms with Crippen molar-refractivity contribution in [1.29, 1.82) is 0 Å². The van der Waals surface area contributed by atoms with Crippen LogP contribution in [-0.4, -0.2) is 13.7 Å². The predicted molar refractivity (Wildman–Crippen MR) is 57.7 cm³/mol. The minimum atomic E-state index is -0.138. The topological polar surface area (TPSA) is 35.2 Å². The smallest absolute Gasteiger partial charge is 0.127 e. The molecule has 1 aliphatic carbocycles. The third-order valence-corrected chi connectivity index (χ3v) is 3.15. The van der Waals surface area contributed by atoms with Gasteiger partial charge in [-0.1, -0.05) is 0 Å². The number of halogens is 1. The van der Waals surface area contributed by atoms with E-state index in [1.165, 1.54) is 6.07 Å². The average molecular weight is 209 g/mol. The molecule has 0 saturated carbocycles. The van der Waals surface area contributed by atoms with Crippen LogP contribution in [-0.2, 0) is 6.42 Å². The van der Waals surface area contributed by atoms with Crippen LogP contribution in [0.2, 0.25) is 0 Å². The third-order valence-electron chi connectivity index (χ3n) is 3.15. The van der Waals surface area contributed by atoms with Gasteiger partial charge in [0.15, 0.2) is 0 Å². The van der Waals surface area contributed by atoms with Crippen molar-refractivity contribution >= 4 is 0 Å². The number of hydrogen-bond acceptors (Lipinski definition) is 2. The standard InChI is InChI=1S/C12H16FNO/c1-15-11-6-5-10(13)12-8(7-14)3-2-4-9(11)12/h5-6,8H,2-4,7,14H2,1H3/t8-/m1/s1. The van der Waals surface area contributed by atoms with Crippen LogP contribution in [0, 0.1) is 5.82 Å². The summed E-state index contributed by atoms with van der Waals surface area (Å²) in [5.74, 6) is 0.814. The molecule has 2 nitrogen and oxygen atoms in total. The van der Waals surface area contributed by atoms with Crippen molar-refractivity contribution in [3.63, 3.8) is 0 Å². The van der Waals surface area contributed by atoms with Gasteiger partial charge in [0.25, 0.3) is 0 Å². The van der Waals surface area contributed by atoms with E-state index in [1.54, 1.807) is 13.2 Å². The van der Waals surface area contributed by atoms with Crippen LogP contribution in [0.15, 0.2) is 12.1 Å². The van der Waals surface area contributed by atoms with Crippen LogP contribution in [0.1, 0.15) is 29.9 Å². The molecule has 82 valence electrons. The summed E-state index contributed by atoms with van der Waals surface area (Å²) in [7, 11) is 1.62. The van der Waals surface area contributed by atoms with Gasteiger partial charge in [0.05, 0.1) is 7.11 Å². The van der Waals surface area contributed by atoms with Crippen LogP contribution in [0.25, 0.3) is 0 Å². The Hall–Kier alpha value is -1.09. The zero-order chi connectivity index (χ0) is 10.8. The molecule has 0 heterocycles. The molecule has 3 heteroatoms. The first-order valence-corrected chi connectivity index (χ1v) is 5.33. The van der Waals surface area contributed by atoms with Gasteiger partial charge in [0.2, 0.25) is 0 Å². The molecule has 1 atom stereocenters. The fourth-order valence-corrected chi connectivity index (χ4v) is 2.41. The highest BCUT2D eigenvalue weighted by atomic mass is 19.1. The first-order chi connectivity index (χ1) is 7.27. The molecule has 0 fully saturated rings. The summed E-state index contributed by atoms with van der Waals surface area (Å²) in [6, 6.07) is 3.18. The van der Waals surface area contributed by atoms with E-state index in [2.05, 4.69) is 0 Å². The Kier molecular flexibility index (Phi) is 2.91. The molecule has 0 spiro atoms. The van der Waals surface area contributed by atoms with E-state index in [9.17, 15) is 4.39 Å². The minimum Gasteiger partial charge on any atom is -0.496 e. The highest BCUT2D eigenvalue weighted by Crippen LogP contribution is 2.37. The number of rotatable bonds is 2. The number of hydrogen-bond donors (Lipinski definition) is 1. The van der Waals surface area contributed by atoms with Gasteiger partial charge in [-0.3, -0.25) is 0 Å². The minimum absolute atomic E-state index is 0.138. The van der Waals surface area contributed by atoms with Crippen molar-refractivity contribution in [1.82, 2.24) is 0 Å². The Morgan fingerprint density at radius 1 is 1.53 bits per heavy atom. The quantitative estimate of drug-likeness (QED) is 0.810. The molecule has 0 aliphatic heterocycles. The number of fused-ring (bicyclic) bond motifs is 1. The lowest BCUT2D eigenvalue weighted by atomic mass is 9.82. The van der Waals surface area contributed by atoms with Crippen LogP contribution >= 0.6 is 0 Å². The fourth-order valence-electron chi connectivity index (χ4n) is 2.41. The molecule has 2 rings (SSSR count). The van der Waals surface area contributed by atoms with E-state index >= 15 is 0 Å². The lowest BCUT2D eigenvalue weighted by Gasteiger charge is -2.26. The fraction of sp³-hybridized carbons (Fsp3) is 0.500. The Labute approximate surface area is 89.2 Å². The first-order valence-electron chi connectivity index (χ1n) is 5.33. The van der Waals surface area contributed by atoms with Crippen molar-refractivity contribution < 1.29 is 9.13 Å². The Morgan fingerprint density at radius 3 is 3.00 bits per heavy atom. The number of benzene rings is 1. The molecule has 15 heavy (non-hydrogen) atoms. The van der Waals surface area contributed by atoms with Crippen molar-refractivity contribution in [2.45, 2.75) is 25.2 Å². The maximum Gasteiger partial charge on any atom is 0.127 e. The predicted octanol–water partition coefficient (Wildman–Crippen LogP) is 2.21. The molecule has 2 N–H and O–H groups in total. The molecule has 1 aromatic rings. The highest BCUT2D eigenvalue weighted by molar-refractivity contribution is 5.44. The van der Waals surface area contributed by atoms with Crippen molar-refractivity contribution in [2.75, 3.05) is 13.7 Å². The average Bonchev–Trinajstić information content (AvgIpc) is 2.29. The first kappa shape index (κ1) is 10.4. The summed E-state index contributed by atoms with van der Waals surface area (Å²) in [4.78, 5) is 0. The van der Waals surface area contributed by atoms with E-state index in [1.807, 2.05) is 0 Å². The number of nitrogens with two attached hydrogens (primary N) is 1. The summed E-state index contributed by atoms with van der Waals surface area (Å²) in [6.07, 6.45) is 2.94. The van der Waals surface area contributed by atoms with Crippen molar-refractivity contribution in [3.05, 3.63) is 29.1 Å². The van der Waals surface area contributed by atoms with Gasteiger partial charge in [-0.25, -0.2) is 4.39 Å². The van der Waals surface area contributed by atoms with E-state index in [0.717, 1.165) is 36.1 Å². The zero-order valence-corrected chi connectivity index (χ0v) is 8.92. The molecule has 1 aliphatic rings. The molecule has 0 bridgehead atoms. The number of methoxy groups -OCH3 is 1. The van der Waals surface area contributed by atoms with E-state index in [4.69, 9.17) is 10.5 Å². The van der Waals surface area contributed by atoms with Crippen LogP contribution < -0.4 is 10.5 Å². The molecule has 0 radical (unpaired) electrons. The van der Waals surface area contributed by atoms with Gasteiger partial charge < -0.3 is 10.5 Å². The van der Waals surface area contributed by atoms with Gasteiger partial charge in [0.1, 0.15) is 11.6 Å². The summed E-state index contributed by atoms with van der Waals surface area (Å²) in [6.45, 7) is 0.511. The van der Waals surface area contributed by atoms with Gasteiger partial charge >= 0.3 is 0 Å². The summed E-state index contributed by atoms with van der Waals surface area (Å²) in [5, 5.41) is 0. The van der Waals surface area contributed by atoms with Crippen LogP contribution in [0.4, 0.5) is 4.39 Å². The SMILES string of the molecule is COc1ccc(F)c2c1CCC[C@@H]2CN. The lowest BCUT2D eigenvalue weighted by molar-refractivity contribution is 0.399. The largest absolute Gasteiger partial charge is 0.496 e. The molecule has 0 unspecified atom stereocenters. The Bertz CT molecular complexity index is 365. The summed E-state index contributed by atoms with van der Waals surface area (Å²) < 4.78 is 19.0. The second kappa shape index (κ2) is 4.19. The molecule has 0 amide bonds. The Balaban J connectivity index is 2.53. The maximum atomic E-state index is 13.7. The highest BCUT2D eigenvalue weighted by Gasteiger charge is 2.25. The Morgan fingerprint density at radius 2 is 2.33 bits per heavy atom. The molecule has 0 aromatic heterocycles. The van der Waals surface area contributed by atoms with Gasteiger partial charge in [-0.05, 0) is 49.4 Å². The molecular weight excluding hydrogens is 193 g/mol. The van der Waals surface area contributed by atoms with E-state index in [-0.39, 0.29) is 11.7 Å². The molecule has 0 saturated heterocycles. The number of ether oxygens (including phenoxy) is 1. The molecular formula is C12H16FNO. The maximum absolute atomic E-state index is 13.7. The van der Waals surface area contributed by atoms with Crippen LogP contribution in [0.3, 0.4) is 0 Å². The van der Waals surface area contributed by atoms with Crippen LogP contribution in [0.5, 0.6) is 5.75 Å². The van der Waals surface area contributed by atoms with Gasteiger partial charge in [-0.15, -0.1) is 0 Å². The summed E-state index contributed by atoms with van der Waals surface area (Å²) in [5.41, 5.74) is 7.46. The monoisotopic (exact) mass is 209 g/mol. The van der Waals surface area contributed by atoms with Gasteiger partial charge in [0, 0.05) is 5.56 Å². The lowest BCUT2D eigenvalue weighted by Crippen LogP contribution is -2.20. The molecule has 1 aromatic carbocycles. The summed E-state index contributed by atoms with van der Waals surface area (Å²) >= 11 is 0. The van der Waals surface area contributed by atoms with E-state index < -0.39 is 0 Å². The van der Waals surface area contributed by atoms with E-state index in [0.29, 0.717) is 6.54 Å². The van der Waals surface area contributed by atoms with Crippen molar-refractivity contribution in [2.24, 2.45) is 5.73 Å². The second-order valence-corrected chi connectivity index (χ2v) is 3.97. The van der Waals surface area contributed by atoms with Gasteiger partial charge in [-0.2, -0.15) is 0 Å². The van der Waals surface area contributed by atoms with Crippen molar-refractivity contribution in [3.8, 4) is 5.75 Å². The zero-order valence-electron chi connectivity index (χ0n) is 8.92. The normalized spacial score (nSPS) is 19.8. The third kappa shape index (κ3) is 1.72.